The number of nitrogens with one attached hydrogen (secondary N) is 3. The van der Waals surface area contributed by atoms with Crippen molar-refractivity contribution in [2.45, 2.75) is 43.2 Å². The minimum absolute atomic E-state index is 0.0391. The quantitative estimate of drug-likeness (QED) is 0.439. The van der Waals surface area contributed by atoms with E-state index in [1.165, 1.54) is 24.3 Å². The van der Waals surface area contributed by atoms with Crippen molar-refractivity contribution in [2.75, 3.05) is 4.72 Å². The van der Waals surface area contributed by atoms with Gasteiger partial charge >= 0.3 is 0 Å². The molecule has 1 saturated carbocycles. The monoisotopic (exact) mass is 477 g/mol. The van der Waals surface area contributed by atoms with Gasteiger partial charge in [0.25, 0.3) is 15.9 Å². The highest BCUT2D eigenvalue weighted by Crippen LogP contribution is 2.20. The molecule has 0 heterocycles. The molecule has 1 aliphatic carbocycles. The lowest BCUT2D eigenvalue weighted by Crippen LogP contribution is -2.48. The summed E-state index contributed by atoms with van der Waals surface area (Å²) in [7, 11) is -3.89. The molecule has 3 N–H and O–H groups in total. The second-order valence-electron chi connectivity index (χ2n) is 8.50. The van der Waals surface area contributed by atoms with Crippen LogP contribution in [0.2, 0.25) is 0 Å². The van der Waals surface area contributed by atoms with Crippen LogP contribution >= 0.6 is 0 Å². The SMILES string of the molecule is Cc1ccc(NS(=O)(=O)c2cccc(C(=O)NC(Cc3ccccc3)C(=O)NC3CC3)c2)cc1. The topological polar surface area (TPSA) is 104 Å². The Balaban J connectivity index is 1.51. The number of sulfonamides is 1. The number of amides is 2. The van der Waals surface area contributed by atoms with E-state index in [-0.39, 0.29) is 22.4 Å². The molecule has 7 nitrogen and oxygen atoms in total. The summed E-state index contributed by atoms with van der Waals surface area (Å²) in [5.74, 6) is -0.760. The highest BCUT2D eigenvalue weighted by atomic mass is 32.2. The number of rotatable bonds is 9. The van der Waals surface area contributed by atoms with Crippen LogP contribution in [0.4, 0.5) is 5.69 Å². The van der Waals surface area contributed by atoms with Crippen molar-refractivity contribution in [3.8, 4) is 0 Å². The molecular formula is C26H27N3O4S. The van der Waals surface area contributed by atoms with Gasteiger partial charge in [0.1, 0.15) is 6.04 Å². The molecule has 8 heteroatoms. The van der Waals surface area contributed by atoms with E-state index in [0.29, 0.717) is 12.1 Å². The van der Waals surface area contributed by atoms with Crippen molar-refractivity contribution in [1.29, 1.82) is 0 Å². The van der Waals surface area contributed by atoms with Crippen LogP contribution in [0, 0.1) is 6.92 Å². The first kappa shape index (κ1) is 23.5. The third-order valence-electron chi connectivity index (χ3n) is 5.54. The third-order valence-corrected chi connectivity index (χ3v) is 6.92. The molecule has 3 aromatic carbocycles. The second-order valence-corrected chi connectivity index (χ2v) is 10.2. The number of benzene rings is 3. The molecule has 3 aromatic rings. The van der Waals surface area contributed by atoms with Crippen LogP contribution in [-0.2, 0) is 21.2 Å². The first-order valence-electron chi connectivity index (χ1n) is 11.1. The van der Waals surface area contributed by atoms with Crippen molar-refractivity contribution < 1.29 is 18.0 Å². The first-order chi connectivity index (χ1) is 16.3. The van der Waals surface area contributed by atoms with Crippen LogP contribution in [0.5, 0.6) is 0 Å². The fourth-order valence-electron chi connectivity index (χ4n) is 3.47. The lowest BCUT2D eigenvalue weighted by molar-refractivity contribution is -0.123. The highest BCUT2D eigenvalue weighted by Gasteiger charge is 2.29. The zero-order valence-corrected chi connectivity index (χ0v) is 19.6. The predicted octanol–water partition coefficient (Wildman–Crippen LogP) is 3.42. The molecule has 0 radical (unpaired) electrons. The van der Waals surface area contributed by atoms with E-state index in [1.54, 1.807) is 24.3 Å². The summed E-state index contributed by atoms with van der Waals surface area (Å²) in [6.07, 6.45) is 2.20. The summed E-state index contributed by atoms with van der Waals surface area (Å²) in [5.41, 5.74) is 2.51. The average molecular weight is 478 g/mol. The van der Waals surface area contributed by atoms with Crippen LogP contribution in [0.15, 0.2) is 83.8 Å². The van der Waals surface area contributed by atoms with Gasteiger partial charge in [0, 0.05) is 23.7 Å². The Morgan fingerprint density at radius 1 is 0.941 bits per heavy atom. The Morgan fingerprint density at radius 3 is 2.32 bits per heavy atom. The smallest absolute Gasteiger partial charge is 0.261 e. The molecule has 0 aromatic heterocycles. The fraction of sp³-hybridized carbons (Fsp3) is 0.231. The second kappa shape index (κ2) is 10.1. The standard InChI is InChI=1S/C26H27N3O4S/c1-18-10-12-22(13-11-18)29-34(32,33)23-9-5-8-20(17-23)25(30)28-24(26(31)27-21-14-15-21)16-19-6-3-2-4-7-19/h2-13,17,21,24,29H,14-16H2,1H3,(H,27,31)(H,28,30). The van der Waals surface area contributed by atoms with E-state index < -0.39 is 22.0 Å². The van der Waals surface area contributed by atoms with Crippen LogP contribution in [-0.4, -0.2) is 32.3 Å². The van der Waals surface area contributed by atoms with Gasteiger partial charge in [-0.05, 0) is 55.7 Å². The Hall–Kier alpha value is -3.65. The summed E-state index contributed by atoms with van der Waals surface area (Å²) in [4.78, 5) is 25.8. The summed E-state index contributed by atoms with van der Waals surface area (Å²) in [6.45, 7) is 1.91. The normalized spacial score (nSPS) is 14.1. The van der Waals surface area contributed by atoms with E-state index in [2.05, 4.69) is 15.4 Å². The van der Waals surface area contributed by atoms with Crippen molar-refractivity contribution in [3.05, 3.63) is 95.6 Å². The highest BCUT2D eigenvalue weighted by molar-refractivity contribution is 7.92. The summed E-state index contributed by atoms with van der Waals surface area (Å²) < 4.78 is 28.2. The number of hydrogen-bond donors (Lipinski definition) is 3. The van der Waals surface area contributed by atoms with E-state index in [9.17, 15) is 18.0 Å². The van der Waals surface area contributed by atoms with Crippen LogP contribution in [0.25, 0.3) is 0 Å². The summed E-state index contributed by atoms with van der Waals surface area (Å²) in [5, 5.41) is 5.72. The molecule has 34 heavy (non-hydrogen) atoms. The van der Waals surface area contributed by atoms with Crippen molar-refractivity contribution in [1.82, 2.24) is 10.6 Å². The van der Waals surface area contributed by atoms with Gasteiger partial charge in [-0.2, -0.15) is 0 Å². The van der Waals surface area contributed by atoms with Crippen molar-refractivity contribution >= 4 is 27.5 Å². The fourth-order valence-corrected chi connectivity index (χ4v) is 4.57. The number of hydrogen-bond acceptors (Lipinski definition) is 4. The summed E-state index contributed by atoms with van der Waals surface area (Å²) >= 11 is 0. The summed E-state index contributed by atoms with van der Waals surface area (Å²) in [6, 6.07) is 21.6. The molecule has 1 fully saturated rings. The van der Waals surface area contributed by atoms with Gasteiger partial charge < -0.3 is 10.6 Å². The van der Waals surface area contributed by atoms with E-state index in [1.807, 2.05) is 37.3 Å². The molecule has 4 rings (SSSR count). The minimum Gasteiger partial charge on any atom is -0.352 e. The van der Waals surface area contributed by atoms with E-state index in [4.69, 9.17) is 0 Å². The molecule has 0 bridgehead atoms. The van der Waals surface area contributed by atoms with Crippen LogP contribution in [0.1, 0.15) is 34.3 Å². The van der Waals surface area contributed by atoms with Gasteiger partial charge in [-0.15, -0.1) is 0 Å². The maximum Gasteiger partial charge on any atom is 0.261 e. The molecular weight excluding hydrogens is 450 g/mol. The number of anilines is 1. The van der Waals surface area contributed by atoms with E-state index in [0.717, 1.165) is 24.0 Å². The number of carbonyl (C=O) groups is 2. The van der Waals surface area contributed by atoms with Crippen molar-refractivity contribution in [2.24, 2.45) is 0 Å². The number of aryl methyl sites for hydroxylation is 1. The van der Waals surface area contributed by atoms with Gasteiger partial charge in [0.05, 0.1) is 4.90 Å². The zero-order valence-electron chi connectivity index (χ0n) is 18.8. The van der Waals surface area contributed by atoms with Crippen molar-refractivity contribution in [3.63, 3.8) is 0 Å². The number of carbonyl (C=O) groups excluding carboxylic acids is 2. The maximum atomic E-state index is 13.0. The van der Waals surface area contributed by atoms with Crippen LogP contribution in [0.3, 0.4) is 0 Å². The van der Waals surface area contributed by atoms with Gasteiger partial charge in [-0.3, -0.25) is 14.3 Å². The molecule has 176 valence electrons. The maximum absolute atomic E-state index is 13.0. The Labute approximate surface area is 199 Å². The van der Waals surface area contributed by atoms with E-state index >= 15 is 0 Å². The molecule has 0 spiro atoms. The van der Waals surface area contributed by atoms with Gasteiger partial charge in [0.2, 0.25) is 5.91 Å². The van der Waals surface area contributed by atoms with Gasteiger partial charge in [-0.25, -0.2) is 8.42 Å². The lowest BCUT2D eigenvalue weighted by atomic mass is 10.0. The average Bonchev–Trinajstić information content (AvgIpc) is 3.65. The Morgan fingerprint density at radius 2 is 1.65 bits per heavy atom. The minimum atomic E-state index is -3.89. The first-order valence-corrected chi connectivity index (χ1v) is 12.6. The molecule has 0 aliphatic heterocycles. The third kappa shape index (κ3) is 6.23. The molecule has 1 atom stereocenters. The molecule has 1 unspecified atom stereocenters. The molecule has 0 saturated heterocycles. The molecule has 1 aliphatic rings. The van der Waals surface area contributed by atoms with Gasteiger partial charge in [-0.1, -0.05) is 54.1 Å². The van der Waals surface area contributed by atoms with Gasteiger partial charge in [0.15, 0.2) is 0 Å². The Bertz CT molecular complexity index is 1270. The predicted molar refractivity (Wildman–Crippen MR) is 131 cm³/mol. The van der Waals surface area contributed by atoms with Crippen LogP contribution < -0.4 is 15.4 Å². The lowest BCUT2D eigenvalue weighted by Gasteiger charge is -2.19. The Kier molecular flexibility index (Phi) is 6.98. The molecule has 2 amide bonds. The zero-order chi connectivity index (χ0) is 24.1. The largest absolute Gasteiger partial charge is 0.352 e.